The van der Waals surface area contributed by atoms with Crippen LogP contribution in [-0.4, -0.2) is 34.0 Å². The second kappa shape index (κ2) is 27.8. The van der Waals surface area contributed by atoms with Gasteiger partial charge in [-0.3, -0.25) is 0 Å². The second-order valence-corrected chi connectivity index (χ2v) is 23.1. The largest absolute Gasteiger partial charge is 0.488 e. The minimum absolute atomic E-state index is 0. The van der Waals surface area contributed by atoms with Crippen molar-refractivity contribution in [1.29, 1.82) is 0 Å². The van der Waals surface area contributed by atoms with Crippen molar-refractivity contribution in [3.8, 4) is 11.1 Å². The standard InChI is InChI=1S/C30H22BrNO2S.C18H16BNO2.C12H8Br2O2S.CH4.HI/c31-25-15-21-30(22-16-25)35(33,34)29-19-13-24(14-20-29)23-11-17-28(18-12-23)32(26-7-3-1-4-8-26)27-9-5-2-6-10-27;21-19(22)15-11-13-18(14-12-15)20(16-7-3-1-4-8-16)17-9-5-2-6-10-17;13-9-1-5-11(6-2-9)17(15,16)12-7-3-10(14)4-8-12;;/h1-22H;1-14,21-22H;1-8H;1H4;1H. The summed E-state index contributed by atoms with van der Waals surface area (Å²) in [5, 5.41) is 18.5. The minimum atomic E-state index is -3.56. The summed E-state index contributed by atoms with van der Waals surface area (Å²) in [5.41, 5.74) is 8.70. The van der Waals surface area contributed by atoms with Crippen LogP contribution >= 0.6 is 71.8 Å². The van der Waals surface area contributed by atoms with E-state index >= 15 is 0 Å². The van der Waals surface area contributed by atoms with Gasteiger partial charge in [-0.2, -0.15) is 0 Å². The second-order valence-electron chi connectivity index (χ2n) is 16.4. The van der Waals surface area contributed by atoms with Crippen LogP contribution in [0, 0.1) is 0 Å². The van der Waals surface area contributed by atoms with Gasteiger partial charge in [0.1, 0.15) is 0 Å². The average molecular weight is 1350 g/mol. The smallest absolute Gasteiger partial charge is 0.423 e. The SMILES string of the molecule is C.I.O=S(=O)(c1ccc(Br)cc1)c1ccc(-c2ccc(N(c3ccccc3)c3ccccc3)cc2)cc1.O=S(=O)(c1ccc(Br)cc1)c1ccc(Br)cc1.OB(O)c1ccc(N(c2ccccc2)c2ccccc2)cc1. The molecule has 0 heterocycles. The topological polar surface area (TPSA) is 115 Å². The molecular weight excluding hydrogens is 1300 g/mol. The fraction of sp³-hybridized carbons (Fsp3) is 0.0164. The monoisotopic (exact) mass is 1350 g/mol. The van der Waals surface area contributed by atoms with Gasteiger partial charge in [0.25, 0.3) is 0 Å². The summed E-state index contributed by atoms with van der Waals surface area (Å²) in [4.78, 5) is 5.47. The van der Waals surface area contributed by atoms with Gasteiger partial charge in [-0.25, -0.2) is 16.8 Å². The highest BCUT2D eigenvalue weighted by Crippen LogP contribution is 2.37. The van der Waals surface area contributed by atoms with Crippen molar-refractivity contribution < 1.29 is 26.9 Å². The zero-order valence-electron chi connectivity index (χ0n) is 39.8. The molecule has 0 unspecified atom stereocenters. The lowest BCUT2D eigenvalue weighted by Gasteiger charge is -2.25. The normalized spacial score (nSPS) is 10.7. The summed E-state index contributed by atoms with van der Waals surface area (Å²) >= 11 is 9.90. The Bertz CT molecular complexity index is 3470. The Morgan fingerprint density at radius 1 is 0.303 bits per heavy atom. The Morgan fingerprint density at radius 2 is 0.513 bits per heavy atom. The van der Waals surface area contributed by atoms with Crippen LogP contribution in [0.1, 0.15) is 7.43 Å². The first-order valence-electron chi connectivity index (χ1n) is 23.0. The van der Waals surface area contributed by atoms with Gasteiger partial charge in [0.2, 0.25) is 19.7 Å². The molecule has 76 heavy (non-hydrogen) atoms. The third-order valence-corrected chi connectivity index (χ3v) is 16.7. The van der Waals surface area contributed by atoms with Crippen LogP contribution < -0.4 is 15.3 Å². The Balaban J connectivity index is 0.000000197. The Kier molecular flexibility index (Phi) is 21.6. The number of nitrogens with zero attached hydrogens (tertiary/aromatic N) is 2. The van der Waals surface area contributed by atoms with Crippen LogP contribution in [0.5, 0.6) is 0 Å². The number of halogens is 4. The molecule has 10 rings (SSSR count). The maximum absolute atomic E-state index is 13.0. The van der Waals surface area contributed by atoms with E-state index in [4.69, 9.17) is 0 Å². The molecule has 0 atom stereocenters. The van der Waals surface area contributed by atoms with Gasteiger partial charge < -0.3 is 19.8 Å². The molecule has 384 valence electrons. The van der Waals surface area contributed by atoms with E-state index in [2.05, 4.69) is 106 Å². The predicted molar refractivity (Wildman–Crippen MR) is 333 cm³/mol. The summed E-state index contributed by atoms with van der Waals surface area (Å²) in [7, 11) is -8.42. The van der Waals surface area contributed by atoms with Crippen LogP contribution in [0.15, 0.2) is 300 Å². The Morgan fingerprint density at radius 3 is 0.763 bits per heavy atom. The first-order valence-corrected chi connectivity index (χ1v) is 28.4. The van der Waals surface area contributed by atoms with E-state index in [-0.39, 0.29) is 41.2 Å². The lowest BCUT2D eigenvalue weighted by molar-refractivity contribution is 0.426. The first kappa shape index (κ1) is 59.1. The number of sulfone groups is 2. The highest BCUT2D eigenvalue weighted by Gasteiger charge is 2.20. The molecule has 0 amide bonds. The molecule has 0 saturated carbocycles. The van der Waals surface area contributed by atoms with E-state index in [9.17, 15) is 26.9 Å². The third-order valence-electron chi connectivity index (χ3n) is 11.5. The van der Waals surface area contributed by atoms with Crippen molar-refractivity contribution in [2.45, 2.75) is 27.0 Å². The first-order chi connectivity index (χ1) is 35.8. The summed E-state index contributed by atoms with van der Waals surface area (Å²) in [6, 6.07) is 83.1. The quantitative estimate of drug-likeness (QED) is 0.0918. The molecule has 10 aromatic carbocycles. The lowest BCUT2D eigenvalue weighted by Crippen LogP contribution is -2.29. The van der Waals surface area contributed by atoms with Gasteiger partial charge >= 0.3 is 7.12 Å². The van der Waals surface area contributed by atoms with Gasteiger partial charge in [-0.05, 0) is 174 Å². The van der Waals surface area contributed by atoms with E-state index in [1.807, 2.05) is 121 Å². The van der Waals surface area contributed by atoms with Gasteiger partial charge in [-0.1, -0.05) is 164 Å². The van der Waals surface area contributed by atoms with Crippen LogP contribution in [0.3, 0.4) is 0 Å². The van der Waals surface area contributed by atoms with E-state index in [1.165, 1.54) is 0 Å². The molecule has 10 aromatic rings. The molecule has 0 radical (unpaired) electrons. The molecular formula is C61H51BBr3IN2O6S2. The fourth-order valence-corrected chi connectivity index (χ4v) is 11.1. The number of anilines is 6. The molecule has 0 aliphatic rings. The Labute approximate surface area is 488 Å². The van der Waals surface area contributed by atoms with Crippen molar-refractivity contribution >= 4 is 138 Å². The zero-order chi connectivity index (χ0) is 52.1. The van der Waals surface area contributed by atoms with E-state index in [0.29, 0.717) is 15.3 Å². The van der Waals surface area contributed by atoms with Crippen LogP contribution in [-0.2, 0) is 19.7 Å². The average Bonchev–Trinajstić information content (AvgIpc) is 3.43. The molecule has 0 bridgehead atoms. The number of benzene rings is 10. The lowest BCUT2D eigenvalue weighted by atomic mass is 9.80. The molecule has 8 nitrogen and oxygen atoms in total. The van der Waals surface area contributed by atoms with Crippen LogP contribution in [0.2, 0.25) is 0 Å². The predicted octanol–water partition coefficient (Wildman–Crippen LogP) is 16.6. The van der Waals surface area contributed by atoms with Crippen molar-refractivity contribution in [1.82, 2.24) is 0 Å². The molecule has 0 spiro atoms. The fourth-order valence-electron chi connectivity index (χ4n) is 7.74. The molecule has 0 aromatic heterocycles. The molecule has 0 aliphatic heterocycles. The van der Waals surface area contributed by atoms with Crippen molar-refractivity contribution in [3.63, 3.8) is 0 Å². The maximum Gasteiger partial charge on any atom is 0.488 e. The van der Waals surface area contributed by atoms with E-state index < -0.39 is 26.8 Å². The van der Waals surface area contributed by atoms with Crippen molar-refractivity contribution in [2.75, 3.05) is 9.80 Å². The molecule has 2 N–H and O–H groups in total. The van der Waals surface area contributed by atoms with Gasteiger partial charge in [0, 0.05) is 47.5 Å². The van der Waals surface area contributed by atoms with Gasteiger partial charge in [0.15, 0.2) is 0 Å². The highest BCUT2D eigenvalue weighted by molar-refractivity contribution is 14.0. The number of hydrogen-bond acceptors (Lipinski definition) is 8. The van der Waals surface area contributed by atoms with Crippen LogP contribution in [0.25, 0.3) is 11.1 Å². The Hall–Kier alpha value is -6.15. The summed E-state index contributed by atoms with van der Waals surface area (Å²) in [6.45, 7) is 0. The minimum Gasteiger partial charge on any atom is -0.423 e. The van der Waals surface area contributed by atoms with E-state index in [1.54, 1.807) is 97.1 Å². The zero-order valence-corrected chi connectivity index (χ0v) is 48.5. The third kappa shape index (κ3) is 15.1. The number of hydrogen-bond donors (Lipinski definition) is 2. The number of para-hydroxylation sites is 4. The summed E-state index contributed by atoms with van der Waals surface area (Å²) in [5.74, 6) is 0. The highest BCUT2D eigenvalue weighted by atomic mass is 127. The van der Waals surface area contributed by atoms with Crippen molar-refractivity contribution in [3.05, 3.63) is 280 Å². The molecule has 15 heteroatoms. The summed E-state index contributed by atoms with van der Waals surface area (Å²) in [6.07, 6.45) is 0. The maximum atomic E-state index is 13.0. The molecule has 0 aliphatic carbocycles. The summed E-state index contributed by atoms with van der Waals surface area (Å²) < 4.78 is 52.9. The molecule has 0 fully saturated rings. The van der Waals surface area contributed by atoms with Gasteiger partial charge in [0.05, 0.1) is 19.6 Å². The van der Waals surface area contributed by atoms with E-state index in [0.717, 1.165) is 58.7 Å². The van der Waals surface area contributed by atoms with Gasteiger partial charge in [-0.15, -0.1) is 24.0 Å². The van der Waals surface area contributed by atoms with Crippen molar-refractivity contribution in [2.24, 2.45) is 0 Å². The van der Waals surface area contributed by atoms with Crippen LogP contribution in [0.4, 0.5) is 34.1 Å². The number of rotatable bonds is 12. The molecule has 0 saturated heterocycles.